The largest absolute Gasteiger partial charge is 0.540 e. The van der Waals surface area contributed by atoms with E-state index in [4.69, 9.17) is 14.3 Å². The molecule has 0 bridgehead atoms. The summed E-state index contributed by atoms with van der Waals surface area (Å²) in [5.74, 6) is 0.438. The van der Waals surface area contributed by atoms with Crippen LogP contribution in [0.5, 0.6) is 5.75 Å². The molecule has 1 aromatic rings. The van der Waals surface area contributed by atoms with Crippen molar-refractivity contribution in [3.05, 3.63) is 24.3 Å². The van der Waals surface area contributed by atoms with Crippen LogP contribution in [-0.4, -0.2) is 63.9 Å². The number of nitrogens with one attached hydrogen (secondary N) is 1. The molecular weight excluding hydrogens is 400 g/mol. The standard InChI is InChI=1S/C18H29N2O6SSi/c1-18(2,3)25-17(22)19-14-8-10-20(11-9-14)27(23,24)16-7-5-6-15(12-16)26-28(4)13-21/h5-7,12,14,21H,8-11,13H2,1-4H3,(H,19,22). The van der Waals surface area contributed by atoms with Gasteiger partial charge >= 0.3 is 15.1 Å². The van der Waals surface area contributed by atoms with E-state index >= 15 is 0 Å². The van der Waals surface area contributed by atoms with Gasteiger partial charge in [-0.15, -0.1) is 0 Å². The van der Waals surface area contributed by atoms with Gasteiger partial charge < -0.3 is 19.6 Å². The quantitative estimate of drug-likeness (QED) is 0.669. The van der Waals surface area contributed by atoms with Crippen LogP contribution in [0.1, 0.15) is 33.6 Å². The van der Waals surface area contributed by atoms with Crippen molar-refractivity contribution in [3.8, 4) is 5.75 Å². The van der Waals surface area contributed by atoms with Crippen LogP contribution in [0.15, 0.2) is 29.2 Å². The molecule has 2 rings (SSSR count). The van der Waals surface area contributed by atoms with Gasteiger partial charge in [0.1, 0.15) is 11.4 Å². The molecule has 10 heteroatoms. The third-order valence-electron chi connectivity index (χ3n) is 4.13. The molecule has 0 atom stereocenters. The molecule has 1 fully saturated rings. The molecule has 157 valence electrons. The van der Waals surface area contributed by atoms with E-state index in [1.165, 1.54) is 16.4 Å². The van der Waals surface area contributed by atoms with E-state index in [0.29, 0.717) is 31.7 Å². The van der Waals surface area contributed by atoms with Crippen LogP contribution in [0.25, 0.3) is 0 Å². The van der Waals surface area contributed by atoms with Crippen LogP contribution in [-0.2, 0) is 14.8 Å². The van der Waals surface area contributed by atoms with Gasteiger partial charge in [0.25, 0.3) is 0 Å². The van der Waals surface area contributed by atoms with Crippen molar-refractivity contribution in [3.63, 3.8) is 0 Å². The number of hydrogen-bond acceptors (Lipinski definition) is 6. The van der Waals surface area contributed by atoms with Crippen LogP contribution >= 0.6 is 0 Å². The average molecular weight is 430 g/mol. The number of piperidine rings is 1. The summed E-state index contributed by atoms with van der Waals surface area (Å²) in [5.41, 5.74) is -0.573. The lowest BCUT2D eigenvalue weighted by molar-refractivity contribution is 0.0489. The Hall–Kier alpha value is -1.62. The number of hydrogen-bond donors (Lipinski definition) is 2. The van der Waals surface area contributed by atoms with Crippen LogP contribution < -0.4 is 9.74 Å². The van der Waals surface area contributed by atoms with E-state index in [-0.39, 0.29) is 17.2 Å². The van der Waals surface area contributed by atoms with Gasteiger partial charge in [-0.2, -0.15) is 4.31 Å². The highest BCUT2D eigenvalue weighted by molar-refractivity contribution is 7.89. The van der Waals surface area contributed by atoms with Crippen LogP contribution in [0.4, 0.5) is 4.79 Å². The molecule has 8 nitrogen and oxygen atoms in total. The molecule has 1 aliphatic heterocycles. The van der Waals surface area contributed by atoms with E-state index < -0.39 is 30.8 Å². The van der Waals surface area contributed by atoms with Crippen LogP contribution in [0.3, 0.4) is 0 Å². The summed E-state index contributed by atoms with van der Waals surface area (Å²) in [6.07, 6.45) is 0.488. The number of carbonyl (C=O) groups excluding carboxylic acids is 1. The summed E-state index contributed by atoms with van der Waals surface area (Å²) in [7, 11) is -5.05. The van der Waals surface area contributed by atoms with Gasteiger partial charge in [-0.1, -0.05) is 6.07 Å². The summed E-state index contributed by atoms with van der Waals surface area (Å²) < 4.78 is 38.1. The van der Waals surface area contributed by atoms with Crippen molar-refractivity contribution in [2.24, 2.45) is 0 Å². The van der Waals surface area contributed by atoms with Gasteiger partial charge in [0.2, 0.25) is 10.0 Å². The molecule has 1 radical (unpaired) electrons. The number of aliphatic hydroxyl groups is 1. The Kier molecular flexibility index (Phi) is 7.49. The molecule has 1 aromatic carbocycles. The minimum atomic E-state index is -3.65. The van der Waals surface area contributed by atoms with Gasteiger partial charge in [0, 0.05) is 19.1 Å². The predicted octanol–water partition coefficient (Wildman–Crippen LogP) is 1.90. The second-order valence-corrected chi connectivity index (χ2v) is 11.6. The van der Waals surface area contributed by atoms with Gasteiger partial charge in [-0.3, -0.25) is 0 Å². The number of aliphatic hydroxyl groups excluding tert-OH is 1. The highest BCUT2D eigenvalue weighted by Crippen LogP contribution is 2.24. The Morgan fingerprint density at radius 2 is 1.96 bits per heavy atom. The summed E-state index contributed by atoms with van der Waals surface area (Å²) in [6.45, 7) is 7.81. The third-order valence-corrected chi connectivity index (χ3v) is 7.06. The maximum Gasteiger partial charge on any atom is 0.407 e. The lowest BCUT2D eigenvalue weighted by Gasteiger charge is -2.32. The number of nitrogens with zero attached hydrogens (tertiary/aromatic N) is 1. The summed E-state index contributed by atoms with van der Waals surface area (Å²) in [5, 5.41) is 11.9. The van der Waals surface area contributed by atoms with Crippen LogP contribution in [0.2, 0.25) is 6.55 Å². The molecule has 1 amide bonds. The van der Waals surface area contributed by atoms with Crippen molar-refractivity contribution in [1.29, 1.82) is 0 Å². The fourth-order valence-electron chi connectivity index (χ4n) is 2.80. The maximum absolute atomic E-state index is 12.9. The molecule has 2 N–H and O–H groups in total. The zero-order valence-electron chi connectivity index (χ0n) is 16.8. The van der Waals surface area contributed by atoms with Crippen molar-refractivity contribution >= 4 is 25.2 Å². The van der Waals surface area contributed by atoms with E-state index in [0.717, 1.165) is 0 Å². The SMILES string of the molecule is C[Si](CO)Oc1cccc(S(=O)(=O)N2CCC(NC(=O)OC(C)(C)C)CC2)c1. The Morgan fingerprint density at radius 3 is 2.54 bits per heavy atom. The van der Waals surface area contributed by atoms with Crippen molar-refractivity contribution < 1.29 is 27.5 Å². The molecule has 0 aromatic heterocycles. The van der Waals surface area contributed by atoms with Crippen molar-refractivity contribution in [1.82, 2.24) is 9.62 Å². The number of rotatable bonds is 6. The second-order valence-electron chi connectivity index (χ2n) is 7.76. The Labute approximate surface area is 168 Å². The number of sulfonamides is 1. The van der Waals surface area contributed by atoms with Gasteiger partial charge in [0.15, 0.2) is 0 Å². The summed E-state index contributed by atoms with van der Waals surface area (Å²) >= 11 is 0. The number of alkyl carbamates (subject to hydrolysis) is 1. The smallest absolute Gasteiger partial charge is 0.407 e. The topological polar surface area (TPSA) is 105 Å². The minimum absolute atomic E-state index is 0.0557. The molecule has 1 aliphatic rings. The lowest BCUT2D eigenvalue weighted by atomic mass is 10.1. The molecule has 0 spiro atoms. The van der Waals surface area contributed by atoms with Gasteiger partial charge in [-0.05, 0) is 58.4 Å². The first-order valence-electron chi connectivity index (χ1n) is 9.22. The van der Waals surface area contributed by atoms with Crippen molar-refractivity contribution in [2.45, 2.75) is 56.7 Å². The average Bonchev–Trinajstić information content (AvgIpc) is 2.60. The van der Waals surface area contributed by atoms with Crippen molar-refractivity contribution in [2.75, 3.05) is 19.3 Å². The zero-order valence-corrected chi connectivity index (χ0v) is 18.6. The number of ether oxygens (including phenoxy) is 1. The highest BCUT2D eigenvalue weighted by Gasteiger charge is 2.31. The summed E-state index contributed by atoms with van der Waals surface area (Å²) in [6, 6.07) is 6.22. The highest BCUT2D eigenvalue weighted by atomic mass is 32.2. The predicted molar refractivity (Wildman–Crippen MR) is 107 cm³/mol. The minimum Gasteiger partial charge on any atom is -0.540 e. The number of carbonyl (C=O) groups is 1. The molecule has 1 saturated heterocycles. The summed E-state index contributed by atoms with van der Waals surface area (Å²) in [4.78, 5) is 12.0. The maximum atomic E-state index is 12.9. The van der Waals surface area contributed by atoms with Gasteiger partial charge in [0.05, 0.1) is 11.1 Å². The monoisotopic (exact) mass is 429 g/mol. The third kappa shape index (κ3) is 6.47. The zero-order chi connectivity index (χ0) is 20.9. The van der Waals surface area contributed by atoms with Gasteiger partial charge in [-0.25, -0.2) is 13.2 Å². The molecule has 0 unspecified atom stereocenters. The van der Waals surface area contributed by atoms with Crippen LogP contribution in [0, 0.1) is 0 Å². The molecule has 1 heterocycles. The molecule has 0 aliphatic carbocycles. The first-order chi connectivity index (χ1) is 13.0. The number of benzene rings is 1. The Morgan fingerprint density at radius 1 is 1.32 bits per heavy atom. The first-order valence-corrected chi connectivity index (χ1v) is 12.8. The fraction of sp³-hybridized carbons (Fsp3) is 0.611. The fourth-order valence-corrected chi connectivity index (χ4v) is 4.89. The van der Waals surface area contributed by atoms with E-state index in [1.807, 2.05) is 0 Å². The van der Waals surface area contributed by atoms with E-state index in [1.54, 1.807) is 39.5 Å². The molecular formula is C18H29N2O6SSi. The second kappa shape index (κ2) is 9.25. The Bertz CT molecular complexity index is 773. The number of amides is 1. The Balaban J connectivity index is 1.97. The lowest BCUT2D eigenvalue weighted by Crippen LogP contribution is -2.47. The van der Waals surface area contributed by atoms with E-state index in [9.17, 15) is 13.2 Å². The molecule has 0 saturated carbocycles. The normalized spacial score (nSPS) is 16.8. The molecule has 28 heavy (non-hydrogen) atoms. The van der Waals surface area contributed by atoms with E-state index in [2.05, 4.69) is 5.32 Å². The first kappa shape index (κ1) is 22.7.